The lowest BCUT2D eigenvalue weighted by molar-refractivity contribution is -0.139. The number of carboxylic acid groups (broad SMARTS) is 1. The molecule has 0 radical (unpaired) electrons. The molecule has 7 nitrogen and oxygen atoms in total. The number of hydrogen-bond acceptors (Lipinski definition) is 5. The molecule has 1 aliphatic rings. The number of ether oxygens (including phenoxy) is 1. The van der Waals surface area contributed by atoms with Crippen molar-refractivity contribution in [2.45, 2.75) is 25.3 Å². The van der Waals surface area contributed by atoms with Crippen LogP contribution in [0.2, 0.25) is 0 Å². The number of benzene rings is 4. The van der Waals surface area contributed by atoms with E-state index in [1.165, 1.54) is 0 Å². The third kappa shape index (κ3) is 4.75. The van der Waals surface area contributed by atoms with E-state index in [2.05, 4.69) is 22.6 Å². The Labute approximate surface area is 225 Å². The van der Waals surface area contributed by atoms with Gasteiger partial charge in [-0.3, -0.25) is 0 Å². The maximum absolute atomic E-state index is 12.7. The van der Waals surface area contributed by atoms with Gasteiger partial charge >= 0.3 is 12.1 Å². The molecular formula is C32H26N2O5. The molecule has 0 saturated heterocycles. The van der Waals surface area contributed by atoms with Crippen molar-refractivity contribution in [1.82, 2.24) is 10.5 Å². The van der Waals surface area contributed by atoms with E-state index in [1.807, 2.05) is 73.7 Å². The Morgan fingerprint density at radius 1 is 0.949 bits per heavy atom. The highest BCUT2D eigenvalue weighted by Gasteiger charge is 2.30. The van der Waals surface area contributed by atoms with Crippen molar-refractivity contribution in [2.24, 2.45) is 0 Å². The van der Waals surface area contributed by atoms with Crippen LogP contribution in [0.4, 0.5) is 4.79 Å². The summed E-state index contributed by atoms with van der Waals surface area (Å²) in [5.74, 6) is -0.640. The Hall–Kier alpha value is -4.91. The fourth-order valence-corrected chi connectivity index (χ4v) is 5.25. The Kier molecular flexibility index (Phi) is 6.32. The normalized spacial score (nSPS) is 13.1. The lowest BCUT2D eigenvalue weighted by atomic mass is 9.98. The summed E-state index contributed by atoms with van der Waals surface area (Å²) in [6, 6.07) is 28.3. The molecule has 1 aliphatic carbocycles. The molecule has 0 fully saturated rings. The smallest absolute Gasteiger partial charge is 0.407 e. The van der Waals surface area contributed by atoms with Gasteiger partial charge in [-0.25, -0.2) is 9.59 Å². The summed E-state index contributed by atoms with van der Waals surface area (Å²) in [4.78, 5) is 24.8. The maximum atomic E-state index is 12.7. The van der Waals surface area contributed by atoms with E-state index in [9.17, 15) is 14.7 Å². The molecule has 0 aliphatic heterocycles. The van der Waals surface area contributed by atoms with Crippen LogP contribution in [0.5, 0.6) is 0 Å². The first kappa shape index (κ1) is 24.4. The lowest BCUT2D eigenvalue weighted by Gasteiger charge is -2.17. The average molecular weight is 519 g/mol. The number of amides is 1. The number of rotatable bonds is 7. The summed E-state index contributed by atoms with van der Waals surface area (Å²) in [5.41, 5.74) is 7.84. The minimum absolute atomic E-state index is 0.0774. The lowest BCUT2D eigenvalue weighted by Crippen LogP contribution is -2.42. The maximum Gasteiger partial charge on any atom is 0.407 e. The molecule has 1 aromatic heterocycles. The number of nitrogens with zero attached hydrogens (tertiary/aromatic N) is 1. The second kappa shape index (κ2) is 10.1. The molecule has 1 amide bonds. The van der Waals surface area contributed by atoms with Crippen LogP contribution in [-0.4, -0.2) is 35.0 Å². The summed E-state index contributed by atoms with van der Waals surface area (Å²) in [6.07, 6.45) is -0.691. The number of carbonyl (C=O) groups is 2. The average Bonchev–Trinajstić information content (AvgIpc) is 3.51. The number of aryl methyl sites for hydroxylation is 1. The largest absolute Gasteiger partial charge is 0.480 e. The topological polar surface area (TPSA) is 102 Å². The molecule has 7 heteroatoms. The van der Waals surface area contributed by atoms with Crippen LogP contribution >= 0.6 is 0 Å². The Morgan fingerprint density at radius 3 is 2.28 bits per heavy atom. The second-order valence-corrected chi connectivity index (χ2v) is 9.79. The molecule has 0 spiro atoms. The van der Waals surface area contributed by atoms with E-state index in [0.29, 0.717) is 11.3 Å². The minimum atomic E-state index is -1.17. The first-order valence-corrected chi connectivity index (χ1v) is 12.8. The van der Waals surface area contributed by atoms with Crippen molar-refractivity contribution in [3.05, 3.63) is 113 Å². The third-order valence-electron chi connectivity index (χ3n) is 7.23. The number of carbonyl (C=O) groups excluding carboxylic acids is 1. The second-order valence-electron chi connectivity index (χ2n) is 9.79. The van der Waals surface area contributed by atoms with Gasteiger partial charge in [0.25, 0.3) is 0 Å². The molecule has 194 valence electrons. The fourth-order valence-electron chi connectivity index (χ4n) is 5.25. The molecule has 1 heterocycles. The van der Waals surface area contributed by atoms with E-state index in [-0.39, 0.29) is 18.9 Å². The van der Waals surface area contributed by atoms with Gasteiger partial charge in [-0.15, -0.1) is 0 Å². The monoisotopic (exact) mass is 518 g/mol. The van der Waals surface area contributed by atoms with Gasteiger partial charge in [0.15, 0.2) is 5.76 Å². The molecular weight excluding hydrogens is 492 g/mol. The van der Waals surface area contributed by atoms with Crippen molar-refractivity contribution in [3.8, 4) is 22.5 Å². The van der Waals surface area contributed by atoms with E-state index in [4.69, 9.17) is 9.26 Å². The van der Waals surface area contributed by atoms with E-state index in [0.717, 1.165) is 44.3 Å². The van der Waals surface area contributed by atoms with Crippen LogP contribution in [0.3, 0.4) is 0 Å². The number of alkyl carbamates (subject to hydrolysis) is 1. The number of carboxylic acids is 1. The summed E-state index contributed by atoms with van der Waals surface area (Å²) in [6.45, 7) is 2.12. The van der Waals surface area contributed by atoms with E-state index < -0.39 is 18.1 Å². The molecule has 0 bridgehead atoms. The van der Waals surface area contributed by atoms with Gasteiger partial charge in [-0.1, -0.05) is 89.6 Å². The number of hydrogen-bond donors (Lipinski definition) is 2. The molecule has 1 atom stereocenters. The molecule has 39 heavy (non-hydrogen) atoms. The standard InChI is InChI=1S/C32H26N2O5/c1-19-10-13-21(14-11-19)30-26-16-20(12-15-28(26)34-39-30)17-29(31(35)36)33-32(37)38-18-27-24-8-4-2-6-22(24)23-7-3-5-9-25(23)27/h2-16,27,29H,17-18H2,1H3,(H,33,37)(H,35,36). The van der Waals surface area contributed by atoms with Gasteiger partial charge in [0.2, 0.25) is 0 Å². The van der Waals surface area contributed by atoms with Gasteiger partial charge in [0.05, 0.1) is 0 Å². The highest BCUT2D eigenvalue weighted by molar-refractivity contribution is 5.92. The predicted octanol–water partition coefficient (Wildman–Crippen LogP) is 6.34. The fraction of sp³-hybridized carbons (Fsp3) is 0.156. The molecule has 4 aromatic carbocycles. The summed E-state index contributed by atoms with van der Waals surface area (Å²) in [7, 11) is 0. The van der Waals surface area contributed by atoms with Crippen LogP contribution in [0.25, 0.3) is 33.4 Å². The van der Waals surface area contributed by atoms with E-state index in [1.54, 1.807) is 12.1 Å². The first-order valence-electron chi connectivity index (χ1n) is 12.8. The van der Waals surface area contributed by atoms with Gasteiger partial charge in [-0.2, -0.15) is 0 Å². The van der Waals surface area contributed by atoms with Crippen molar-refractivity contribution < 1.29 is 24.0 Å². The van der Waals surface area contributed by atoms with Gasteiger partial charge in [0, 0.05) is 23.3 Å². The summed E-state index contributed by atoms with van der Waals surface area (Å²) < 4.78 is 11.2. The van der Waals surface area contributed by atoms with E-state index >= 15 is 0 Å². The Balaban J connectivity index is 1.16. The molecule has 2 N–H and O–H groups in total. The van der Waals surface area contributed by atoms with Gasteiger partial charge < -0.3 is 19.7 Å². The van der Waals surface area contributed by atoms with Crippen LogP contribution in [0.15, 0.2) is 95.5 Å². The predicted molar refractivity (Wildman–Crippen MR) is 148 cm³/mol. The Bertz CT molecular complexity index is 1640. The van der Waals surface area contributed by atoms with Crippen LogP contribution in [0, 0.1) is 6.92 Å². The highest BCUT2D eigenvalue weighted by atomic mass is 16.5. The van der Waals surface area contributed by atoms with Crippen molar-refractivity contribution in [1.29, 1.82) is 0 Å². The van der Waals surface area contributed by atoms with Crippen LogP contribution in [-0.2, 0) is 16.0 Å². The van der Waals surface area contributed by atoms with Crippen molar-refractivity contribution >= 4 is 23.0 Å². The van der Waals surface area contributed by atoms with Crippen LogP contribution in [0.1, 0.15) is 28.2 Å². The highest BCUT2D eigenvalue weighted by Crippen LogP contribution is 2.44. The minimum Gasteiger partial charge on any atom is -0.480 e. The molecule has 1 unspecified atom stereocenters. The number of nitrogens with one attached hydrogen (secondary N) is 1. The van der Waals surface area contributed by atoms with Gasteiger partial charge in [0.1, 0.15) is 18.2 Å². The molecule has 6 rings (SSSR count). The Morgan fingerprint density at radius 2 is 1.62 bits per heavy atom. The number of aromatic nitrogens is 1. The zero-order chi connectivity index (χ0) is 26.9. The van der Waals surface area contributed by atoms with Gasteiger partial charge in [-0.05, 0) is 46.9 Å². The zero-order valence-electron chi connectivity index (χ0n) is 21.3. The van der Waals surface area contributed by atoms with Crippen LogP contribution < -0.4 is 5.32 Å². The summed E-state index contributed by atoms with van der Waals surface area (Å²) in [5, 5.41) is 17.3. The number of aliphatic carboxylic acids is 1. The van der Waals surface area contributed by atoms with Crippen molar-refractivity contribution in [2.75, 3.05) is 6.61 Å². The third-order valence-corrected chi connectivity index (χ3v) is 7.23. The molecule has 0 saturated carbocycles. The molecule has 5 aromatic rings. The SMILES string of the molecule is Cc1ccc(-c2onc3ccc(CC(NC(=O)OCC4c5ccccc5-c5ccccc54)C(=O)O)cc23)cc1. The summed E-state index contributed by atoms with van der Waals surface area (Å²) >= 11 is 0. The van der Waals surface area contributed by atoms with Crippen molar-refractivity contribution in [3.63, 3.8) is 0 Å². The quantitative estimate of drug-likeness (QED) is 0.261. The zero-order valence-corrected chi connectivity index (χ0v) is 21.3. The number of fused-ring (bicyclic) bond motifs is 4. The first-order chi connectivity index (χ1) is 19.0.